The van der Waals surface area contributed by atoms with Crippen LogP contribution in [0.1, 0.15) is 32.3 Å². The van der Waals surface area contributed by atoms with Crippen molar-refractivity contribution < 1.29 is 19.1 Å². The Hall–Kier alpha value is -3.85. The van der Waals surface area contributed by atoms with Crippen LogP contribution in [-0.2, 0) is 16.1 Å². The molecular formula is C30H34ClN5O4. The minimum atomic E-state index is -0.0557. The van der Waals surface area contributed by atoms with E-state index in [1.54, 1.807) is 4.90 Å². The lowest BCUT2D eigenvalue weighted by atomic mass is 10.1. The van der Waals surface area contributed by atoms with Crippen molar-refractivity contribution in [1.82, 2.24) is 20.0 Å². The van der Waals surface area contributed by atoms with Gasteiger partial charge >= 0.3 is 0 Å². The van der Waals surface area contributed by atoms with Gasteiger partial charge in [0.25, 0.3) is 0 Å². The van der Waals surface area contributed by atoms with Crippen LogP contribution in [-0.4, -0.2) is 71.3 Å². The zero-order chi connectivity index (χ0) is 28.1. The summed E-state index contributed by atoms with van der Waals surface area (Å²) in [6, 6.07) is 17.1. The van der Waals surface area contributed by atoms with Gasteiger partial charge in [0, 0.05) is 44.7 Å². The molecule has 0 aliphatic carbocycles. The summed E-state index contributed by atoms with van der Waals surface area (Å²) < 4.78 is 10.9. The second-order valence-electron chi connectivity index (χ2n) is 10.5. The van der Waals surface area contributed by atoms with Gasteiger partial charge in [-0.3, -0.25) is 9.59 Å². The second-order valence-corrected chi connectivity index (χ2v) is 10.9. The van der Waals surface area contributed by atoms with E-state index >= 15 is 0 Å². The molecule has 2 aromatic carbocycles. The average Bonchev–Trinajstić information content (AvgIpc) is 3.27. The van der Waals surface area contributed by atoms with E-state index in [4.69, 9.17) is 21.1 Å². The van der Waals surface area contributed by atoms with Crippen molar-refractivity contribution in [1.29, 1.82) is 0 Å². The van der Waals surface area contributed by atoms with Crippen LogP contribution in [0.5, 0.6) is 11.5 Å². The Bertz CT molecular complexity index is 1350. The van der Waals surface area contributed by atoms with Crippen LogP contribution >= 0.6 is 11.6 Å². The van der Waals surface area contributed by atoms with Gasteiger partial charge in [-0.2, -0.15) is 0 Å². The minimum absolute atomic E-state index is 0.0341. The van der Waals surface area contributed by atoms with Crippen molar-refractivity contribution >= 4 is 29.2 Å². The fraction of sp³-hybridized carbons (Fsp3) is 0.400. The maximum Gasteiger partial charge on any atom is 0.242 e. The third-order valence-electron chi connectivity index (χ3n) is 7.04. The van der Waals surface area contributed by atoms with Crippen LogP contribution in [0.2, 0.25) is 5.02 Å². The molecule has 0 saturated carbocycles. The summed E-state index contributed by atoms with van der Waals surface area (Å²) in [5.74, 6) is 2.22. The zero-order valence-corrected chi connectivity index (χ0v) is 23.6. The van der Waals surface area contributed by atoms with Crippen LogP contribution in [0.3, 0.4) is 0 Å². The van der Waals surface area contributed by atoms with Gasteiger partial charge in [-0.25, -0.2) is 0 Å². The molecule has 9 nitrogen and oxygen atoms in total. The zero-order valence-electron chi connectivity index (χ0n) is 22.9. The number of anilines is 1. The predicted octanol–water partition coefficient (Wildman–Crippen LogP) is 4.64. The SMILES string of the molecule is CC(C)CC(=O)N(CC(=O)N1CCCN(c2ccc(-c3ccccc3Cl)nn2)CC1)Cc1ccc2c(c1)OCO2. The van der Waals surface area contributed by atoms with Gasteiger partial charge in [0.05, 0.1) is 10.7 Å². The fourth-order valence-electron chi connectivity index (χ4n) is 4.94. The second kappa shape index (κ2) is 12.6. The number of nitrogens with zero attached hydrogens (tertiary/aromatic N) is 5. The smallest absolute Gasteiger partial charge is 0.242 e. The van der Waals surface area contributed by atoms with E-state index in [0.29, 0.717) is 49.1 Å². The van der Waals surface area contributed by atoms with Crippen molar-refractivity contribution in [2.24, 2.45) is 5.92 Å². The number of amides is 2. The van der Waals surface area contributed by atoms with E-state index < -0.39 is 0 Å². The predicted molar refractivity (Wildman–Crippen MR) is 153 cm³/mol. The highest BCUT2D eigenvalue weighted by atomic mass is 35.5. The lowest BCUT2D eigenvalue weighted by Crippen LogP contribution is -2.44. The quantitative estimate of drug-likeness (QED) is 0.394. The molecule has 5 rings (SSSR count). The van der Waals surface area contributed by atoms with E-state index in [-0.39, 0.29) is 31.1 Å². The number of carbonyl (C=O) groups is 2. The first-order chi connectivity index (χ1) is 19.4. The van der Waals surface area contributed by atoms with Crippen LogP contribution in [0.25, 0.3) is 11.3 Å². The molecule has 0 spiro atoms. The number of aromatic nitrogens is 2. The monoisotopic (exact) mass is 563 g/mol. The number of benzene rings is 2. The molecule has 1 aromatic heterocycles. The molecule has 0 bridgehead atoms. The molecule has 3 aromatic rings. The largest absolute Gasteiger partial charge is 0.454 e. The molecule has 40 heavy (non-hydrogen) atoms. The molecule has 0 N–H and O–H groups in total. The first-order valence-corrected chi connectivity index (χ1v) is 14.0. The Labute approximate surface area is 239 Å². The normalized spacial score (nSPS) is 14.8. The fourth-order valence-corrected chi connectivity index (χ4v) is 5.17. The Morgan fingerprint density at radius 1 is 0.975 bits per heavy atom. The number of hydrogen-bond donors (Lipinski definition) is 0. The summed E-state index contributed by atoms with van der Waals surface area (Å²) >= 11 is 6.31. The van der Waals surface area contributed by atoms with Crippen molar-refractivity contribution in [3.8, 4) is 22.8 Å². The number of carbonyl (C=O) groups excluding carboxylic acids is 2. The summed E-state index contributed by atoms with van der Waals surface area (Å²) in [4.78, 5) is 32.2. The maximum atomic E-state index is 13.4. The molecule has 1 fully saturated rings. The van der Waals surface area contributed by atoms with Gasteiger partial charge in [0.1, 0.15) is 6.54 Å². The third-order valence-corrected chi connectivity index (χ3v) is 7.37. The number of ether oxygens (including phenoxy) is 2. The van der Waals surface area contributed by atoms with Crippen molar-refractivity contribution in [3.05, 3.63) is 65.2 Å². The molecule has 0 atom stereocenters. The summed E-state index contributed by atoms with van der Waals surface area (Å²) in [7, 11) is 0. The number of fused-ring (bicyclic) bond motifs is 1. The van der Waals surface area contributed by atoms with Gasteiger partial charge in [-0.1, -0.05) is 49.7 Å². The molecule has 2 aliphatic rings. The van der Waals surface area contributed by atoms with Gasteiger partial charge in [0.2, 0.25) is 18.6 Å². The molecule has 1 saturated heterocycles. The van der Waals surface area contributed by atoms with Crippen molar-refractivity contribution in [3.63, 3.8) is 0 Å². The molecule has 210 valence electrons. The number of hydrogen-bond acceptors (Lipinski definition) is 7. The highest BCUT2D eigenvalue weighted by molar-refractivity contribution is 6.33. The molecule has 0 unspecified atom stereocenters. The van der Waals surface area contributed by atoms with E-state index in [1.807, 2.05) is 73.3 Å². The molecule has 10 heteroatoms. The van der Waals surface area contributed by atoms with Crippen molar-refractivity contribution in [2.75, 3.05) is 44.4 Å². The highest BCUT2D eigenvalue weighted by Crippen LogP contribution is 2.33. The van der Waals surface area contributed by atoms with Crippen LogP contribution in [0, 0.1) is 5.92 Å². The molecule has 2 amide bonds. The first-order valence-electron chi connectivity index (χ1n) is 13.6. The van der Waals surface area contributed by atoms with E-state index in [2.05, 4.69) is 15.1 Å². The summed E-state index contributed by atoms with van der Waals surface area (Å²) in [5, 5.41) is 9.47. The van der Waals surface area contributed by atoms with E-state index in [9.17, 15) is 9.59 Å². The Kier molecular flexibility index (Phi) is 8.69. The topological polar surface area (TPSA) is 88.1 Å². The van der Waals surface area contributed by atoms with Crippen molar-refractivity contribution in [2.45, 2.75) is 33.2 Å². The molecule has 0 radical (unpaired) electrons. The van der Waals surface area contributed by atoms with Crippen LogP contribution < -0.4 is 14.4 Å². The minimum Gasteiger partial charge on any atom is -0.454 e. The molecular weight excluding hydrogens is 530 g/mol. The lowest BCUT2D eigenvalue weighted by Gasteiger charge is -2.28. The Morgan fingerprint density at radius 2 is 1.80 bits per heavy atom. The van der Waals surface area contributed by atoms with E-state index in [1.165, 1.54) is 0 Å². The standard InChI is InChI=1S/C30H34ClN5O4/c1-21(2)16-29(37)36(18-22-8-10-26-27(17-22)40-20-39-26)19-30(38)35-13-5-12-34(14-15-35)28-11-9-25(32-33-28)23-6-3-4-7-24(23)31/h3-4,6-11,17,21H,5,12-16,18-20H2,1-2H3. The molecule has 3 heterocycles. The Balaban J connectivity index is 1.22. The number of rotatable bonds is 8. The summed E-state index contributed by atoms with van der Waals surface area (Å²) in [6.07, 6.45) is 1.18. The van der Waals surface area contributed by atoms with Gasteiger partial charge in [-0.05, 0) is 48.2 Å². The summed E-state index contributed by atoms with van der Waals surface area (Å²) in [5.41, 5.74) is 2.46. The summed E-state index contributed by atoms with van der Waals surface area (Å²) in [6.45, 7) is 7.13. The maximum absolute atomic E-state index is 13.4. The van der Waals surface area contributed by atoms with Gasteiger partial charge < -0.3 is 24.2 Å². The first kappa shape index (κ1) is 27.7. The Morgan fingerprint density at radius 3 is 2.58 bits per heavy atom. The van der Waals surface area contributed by atoms with Crippen LogP contribution in [0.4, 0.5) is 5.82 Å². The third kappa shape index (κ3) is 6.65. The highest BCUT2D eigenvalue weighted by Gasteiger charge is 2.25. The van der Waals surface area contributed by atoms with Crippen LogP contribution in [0.15, 0.2) is 54.6 Å². The average molecular weight is 564 g/mol. The molecule has 2 aliphatic heterocycles. The lowest BCUT2D eigenvalue weighted by molar-refractivity contribution is -0.141. The number of halogens is 1. The van der Waals surface area contributed by atoms with E-state index in [0.717, 1.165) is 35.6 Å². The van der Waals surface area contributed by atoms with Gasteiger partial charge in [-0.15, -0.1) is 10.2 Å². The van der Waals surface area contributed by atoms with Gasteiger partial charge in [0.15, 0.2) is 17.3 Å².